The summed E-state index contributed by atoms with van der Waals surface area (Å²) >= 11 is 6.10. The van der Waals surface area contributed by atoms with Crippen molar-refractivity contribution < 1.29 is 22.7 Å². The molecule has 184 valence electrons. The van der Waals surface area contributed by atoms with Gasteiger partial charge in [0, 0.05) is 38.3 Å². The fourth-order valence-electron chi connectivity index (χ4n) is 4.54. The normalized spacial score (nSPS) is 19.4. The van der Waals surface area contributed by atoms with Crippen LogP contribution in [0.1, 0.15) is 24.8 Å². The van der Waals surface area contributed by atoms with Gasteiger partial charge in [0.2, 0.25) is 0 Å². The highest BCUT2D eigenvalue weighted by Crippen LogP contribution is 2.35. The molecule has 5 rings (SSSR count). The van der Waals surface area contributed by atoms with Crippen LogP contribution in [-0.2, 0) is 11.0 Å². The van der Waals surface area contributed by atoms with Gasteiger partial charge in [0.25, 0.3) is 5.91 Å². The molecule has 2 fully saturated rings. The number of rotatable bonds is 5. The minimum atomic E-state index is -4.49. The monoisotopic (exact) mass is 506 g/mol. The summed E-state index contributed by atoms with van der Waals surface area (Å²) < 4.78 is 46.2. The van der Waals surface area contributed by atoms with Crippen molar-refractivity contribution in [3.8, 4) is 11.4 Å². The van der Waals surface area contributed by atoms with Gasteiger partial charge in [-0.15, -0.1) is 0 Å². The first-order valence-electron chi connectivity index (χ1n) is 11.2. The van der Waals surface area contributed by atoms with Crippen LogP contribution in [0.4, 0.5) is 19.0 Å². The van der Waals surface area contributed by atoms with Crippen LogP contribution in [0.25, 0.3) is 5.69 Å². The molecule has 0 saturated carbocycles. The Morgan fingerprint density at radius 1 is 1.06 bits per heavy atom. The molecule has 4 heterocycles. The third-order valence-corrected chi connectivity index (χ3v) is 6.62. The number of pyridine rings is 1. The lowest BCUT2D eigenvalue weighted by atomic mass is 10.0. The molecular formula is C23H22ClF3N6O2. The predicted octanol–water partition coefficient (Wildman–Crippen LogP) is 3.98. The van der Waals surface area contributed by atoms with Crippen molar-refractivity contribution in [1.82, 2.24) is 24.6 Å². The van der Waals surface area contributed by atoms with Crippen LogP contribution >= 0.6 is 11.6 Å². The van der Waals surface area contributed by atoms with Crippen molar-refractivity contribution in [3.05, 3.63) is 59.8 Å². The van der Waals surface area contributed by atoms with E-state index >= 15 is 0 Å². The van der Waals surface area contributed by atoms with E-state index in [9.17, 15) is 18.0 Å². The second-order valence-corrected chi connectivity index (χ2v) is 8.91. The number of likely N-dealkylation sites (tertiary alicyclic amines) is 1. The maximum Gasteiger partial charge on any atom is 0.417 e. The molecule has 2 aliphatic rings. The number of benzene rings is 1. The third-order valence-electron chi connectivity index (χ3n) is 6.34. The van der Waals surface area contributed by atoms with Crippen LogP contribution in [0.5, 0.6) is 5.75 Å². The number of ether oxygens (including phenoxy) is 1. The van der Waals surface area contributed by atoms with Crippen LogP contribution in [0, 0.1) is 0 Å². The summed E-state index contributed by atoms with van der Waals surface area (Å²) in [6, 6.07) is 8.23. The fraction of sp³-hybridized carbons (Fsp3) is 0.391. The summed E-state index contributed by atoms with van der Waals surface area (Å²) in [7, 11) is 0. The number of halogens is 4. The molecule has 0 N–H and O–H groups in total. The molecule has 1 atom stereocenters. The number of aromatic nitrogens is 4. The van der Waals surface area contributed by atoms with Crippen molar-refractivity contribution in [1.29, 1.82) is 0 Å². The van der Waals surface area contributed by atoms with E-state index in [1.54, 1.807) is 23.1 Å². The van der Waals surface area contributed by atoms with E-state index in [0.717, 1.165) is 18.0 Å². The van der Waals surface area contributed by atoms with Crippen molar-refractivity contribution in [3.63, 3.8) is 0 Å². The Morgan fingerprint density at radius 3 is 2.43 bits per heavy atom. The van der Waals surface area contributed by atoms with Crippen LogP contribution in [0.15, 0.2) is 49.2 Å². The smallest absolute Gasteiger partial charge is 0.417 e. The Kier molecular flexibility index (Phi) is 6.26. The summed E-state index contributed by atoms with van der Waals surface area (Å²) in [4.78, 5) is 24.6. The largest absolute Gasteiger partial charge is 0.481 e. The number of alkyl halides is 3. The number of nitrogens with zero attached hydrogens (tertiary/aromatic N) is 6. The lowest BCUT2D eigenvalue weighted by Crippen LogP contribution is -2.47. The molecule has 1 aromatic carbocycles. The molecule has 0 bridgehead atoms. The summed E-state index contributed by atoms with van der Waals surface area (Å²) in [6.07, 6.45) is 0.755. The predicted molar refractivity (Wildman–Crippen MR) is 122 cm³/mol. The van der Waals surface area contributed by atoms with Crippen molar-refractivity contribution >= 4 is 23.3 Å². The van der Waals surface area contributed by atoms with Crippen molar-refractivity contribution in [2.45, 2.75) is 37.6 Å². The van der Waals surface area contributed by atoms with Gasteiger partial charge in [0.1, 0.15) is 24.2 Å². The maximum atomic E-state index is 13.0. The average Bonchev–Trinajstić information content (AvgIpc) is 3.50. The molecule has 12 heteroatoms. The molecule has 35 heavy (non-hydrogen) atoms. The Morgan fingerprint density at radius 2 is 1.80 bits per heavy atom. The first-order valence-corrected chi connectivity index (χ1v) is 11.6. The van der Waals surface area contributed by atoms with Gasteiger partial charge in [0.05, 0.1) is 16.3 Å². The Labute approximate surface area is 204 Å². The molecule has 0 radical (unpaired) electrons. The van der Waals surface area contributed by atoms with Gasteiger partial charge >= 0.3 is 6.18 Å². The minimum absolute atomic E-state index is 0.0289. The van der Waals surface area contributed by atoms with E-state index in [4.69, 9.17) is 16.3 Å². The number of hydrogen-bond acceptors (Lipinski definition) is 6. The number of hydrogen-bond donors (Lipinski definition) is 0. The summed E-state index contributed by atoms with van der Waals surface area (Å²) in [6.45, 7) is 1.69. The standard InChI is InChI=1S/C23H22ClF3N6O2/c24-19-11-15(23(25,26)27)12-29-21(19)31-8-5-16(6-9-31)32-10-7-20(22(32)34)35-18-3-1-17(2-4-18)33-14-28-13-30-33/h1-4,11-14,16,20H,5-10H2. The number of carbonyl (C=O) groups is 1. The number of amides is 1. The van der Waals surface area contributed by atoms with Gasteiger partial charge in [0.15, 0.2) is 6.10 Å². The van der Waals surface area contributed by atoms with Crippen molar-refractivity contribution in [2.75, 3.05) is 24.5 Å². The highest BCUT2D eigenvalue weighted by atomic mass is 35.5. The number of anilines is 1. The minimum Gasteiger partial charge on any atom is -0.481 e. The topological polar surface area (TPSA) is 76.4 Å². The highest BCUT2D eigenvalue weighted by molar-refractivity contribution is 6.33. The van der Waals surface area contributed by atoms with Crippen LogP contribution in [0.2, 0.25) is 5.02 Å². The Hall–Kier alpha value is -3.34. The molecule has 1 unspecified atom stereocenters. The highest BCUT2D eigenvalue weighted by Gasteiger charge is 2.39. The van der Waals surface area contributed by atoms with Crippen LogP contribution < -0.4 is 9.64 Å². The molecule has 2 saturated heterocycles. The summed E-state index contributed by atoms with van der Waals surface area (Å²) in [5, 5.41) is 4.05. The number of piperidine rings is 1. The molecule has 2 aliphatic heterocycles. The molecule has 3 aromatic rings. The van der Waals surface area contributed by atoms with Crippen LogP contribution in [-0.4, -0.2) is 62.3 Å². The van der Waals surface area contributed by atoms with Gasteiger partial charge in [-0.3, -0.25) is 4.79 Å². The van der Waals surface area contributed by atoms with Gasteiger partial charge < -0.3 is 14.5 Å². The van der Waals surface area contributed by atoms with Gasteiger partial charge in [-0.1, -0.05) is 11.6 Å². The fourth-order valence-corrected chi connectivity index (χ4v) is 4.82. The van der Waals surface area contributed by atoms with Crippen LogP contribution in [0.3, 0.4) is 0 Å². The molecule has 2 aromatic heterocycles. The quantitative estimate of drug-likeness (QED) is 0.521. The van der Waals surface area contributed by atoms with E-state index in [2.05, 4.69) is 15.1 Å². The van der Waals surface area contributed by atoms with Gasteiger partial charge in [-0.25, -0.2) is 14.6 Å². The van der Waals surface area contributed by atoms with Gasteiger partial charge in [-0.05, 0) is 43.2 Å². The van der Waals surface area contributed by atoms with E-state index in [1.165, 1.54) is 6.33 Å². The zero-order valence-electron chi connectivity index (χ0n) is 18.5. The van der Waals surface area contributed by atoms with E-state index in [0.29, 0.717) is 50.5 Å². The van der Waals surface area contributed by atoms with E-state index < -0.39 is 17.8 Å². The molecule has 0 aliphatic carbocycles. The Bertz CT molecular complexity index is 1180. The second kappa shape index (κ2) is 9.37. The first kappa shape index (κ1) is 23.4. The summed E-state index contributed by atoms with van der Waals surface area (Å²) in [5.74, 6) is 0.891. The summed E-state index contributed by atoms with van der Waals surface area (Å²) in [5.41, 5.74) is -0.0356. The lowest BCUT2D eigenvalue weighted by molar-refractivity contribution is -0.138. The lowest BCUT2D eigenvalue weighted by Gasteiger charge is -2.37. The molecule has 8 nitrogen and oxygen atoms in total. The first-order chi connectivity index (χ1) is 16.8. The maximum absolute atomic E-state index is 13.0. The van der Waals surface area contributed by atoms with Gasteiger partial charge in [-0.2, -0.15) is 18.3 Å². The third kappa shape index (κ3) is 4.90. The second-order valence-electron chi connectivity index (χ2n) is 8.51. The SMILES string of the molecule is O=C1C(Oc2ccc(-n3cncn3)cc2)CCN1C1CCN(c2ncc(C(F)(F)F)cc2Cl)CC1. The molecule has 1 amide bonds. The number of carbonyl (C=O) groups excluding carboxylic acids is 1. The zero-order valence-corrected chi connectivity index (χ0v) is 19.3. The average molecular weight is 507 g/mol. The Balaban J connectivity index is 1.16. The zero-order chi connectivity index (χ0) is 24.6. The van der Waals surface area contributed by atoms with Crippen molar-refractivity contribution in [2.24, 2.45) is 0 Å². The molecular weight excluding hydrogens is 485 g/mol. The molecule has 0 spiro atoms. The van der Waals surface area contributed by atoms with E-state index in [-0.39, 0.29) is 17.0 Å². The van der Waals surface area contributed by atoms with E-state index in [1.807, 2.05) is 21.9 Å².